The van der Waals surface area contributed by atoms with Crippen molar-refractivity contribution in [3.63, 3.8) is 0 Å². The van der Waals surface area contributed by atoms with E-state index < -0.39 is 5.66 Å². The smallest absolute Gasteiger partial charge is 0.321 e. The number of ether oxygens (including phenoxy) is 1. The van der Waals surface area contributed by atoms with Crippen molar-refractivity contribution in [2.45, 2.75) is 25.4 Å². The fraction of sp³-hybridized carbons (Fsp3) is 0.318. The first-order valence-electron chi connectivity index (χ1n) is 9.68. The van der Waals surface area contributed by atoms with Gasteiger partial charge in [-0.25, -0.2) is 4.79 Å². The van der Waals surface area contributed by atoms with Gasteiger partial charge in [-0.2, -0.15) is 0 Å². The summed E-state index contributed by atoms with van der Waals surface area (Å²) in [7, 11) is 1.57. The molecule has 0 aliphatic carbocycles. The van der Waals surface area contributed by atoms with Gasteiger partial charge in [-0.3, -0.25) is 9.79 Å². The van der Waals surface area contributed by atoms with Gasteiger partial charge in [0, 0.05) is 31.5 Å². The van der Waals surface area contributed by atoms with Crippen LogP contribution in [0.25, 0.3) is 0 Å². The van der Waals surface area contributed by atoms with E-state index in [4.69, 9.17) is 9.73 Å². The molecule has 0 unspecified atom stereocenters. The first kappa shape index (κ1) is 19.0. The van der Waals surface area contributed by atoms with Gasteiger partial charge in [-0.05, 0) is 19.1 Å². The fourth-order valence-electron chi connectivity index (χ4n) is 3.73. The number of carbonyl (C=O) groups excluding carboxylic acids is 2. The summed E-state index contributed by atoms with van der Waals surface area (Å²) in [6.07, 6.45) is 1.15. The molecule has 0 saturated carbocycles. The van der Waals surface area contributed by atoms with Gasteiger partial charge in [0.05, 0.1) is 12.8 Å². The molecule has 3 amide bonds. The highest BCUT2D eigenvalue weighted by atomic mass is 16.5. The summed E-state index contributed by atoms with van der Waals surface area (Å²) in [5.74, 6) is 0.463. The van der Waals surface area contributed by atoms with Gasteiger partial charge < -0.3 is 20.3 Å². The second kappa shape index (κ2) is 7.58. The van der Waals surface area contributed by atoms with E-state index in [1.165, 1.54) is 0 Å². The number of carbonyl (C=O) groups is 2. The Morgan fingerprint density at radius 1 is 1.14 bits per heavy atom. The van der Waals surface area contributed by atoms with E-state index in [-0.39, 0.29) is 11.9 Å². The van der Waals surface area contributed by atoms with Crippen LogP contribution >= 0.6 is 0 Å². The molecule has 150 valence electrons. The number of benzene rings is 2. The number of nitrogens with one attached hydrogen (secondary N) is 2. The number of anilines is 1. The minimum atomic E-state index is -0.626. The molecule has 7 heteroatoms. The molecule has 1 saturated heterocycles. The molecule has 2 heterocycles. The van der Waals surface area contributed by atoms with Crippen LogP contribution in [0, 0.1) is 6.92 Å². The maximum atomic E-state index is 12.7. The van der Waals surface area contributed by atoms with Gasteiger partial charge in [0.2, 0.25) is 0 Å². The first-order chi connectivity index (χ1) is 14.0. The van der Waals surface area contributed by atoms with Crippen LogP contribution in [0.4, 0.5) is 10.5 Å². The number of piperidine rings is 1. The summed E-state index contributed by atoms with van der Waals surface area (Å²) < 4.78 is 5.28. The third-order valence-electron chi connectivity index (χ3n) is 5.44. The molecule has 29 heavy (non-hydrogen) atoms. The first-order valence-corrected chi connectivity index (χ1v) is 9.68. The SMILES string of the molecule is COc1ccccc1NC(=O)N1CCC2(CC1)N=C(c1ccc(C)cc1)C(=O)N2. The molecule has 0 aromatic heterocycles. The Morgan fingerprint density at radius 2 is 1.83 bits per heavy atom. The van der Waals surface area contributed by atoms with Crippen molar-refractivity contribution in [2.75, 3.05) is 25.5 Å². The van der Waals surface area contributed by atoms with E-state index in [9.17, 15) is 9.59 Å². The Kier molecular flexibility index (Phi) is 4.96. The third kappa shape index (κ3) is 3.81. The summed E-state index contributed by atoms with van der Waals surface area (Å²) >= 11 is 0. The Bertz CT molecular complexity index is 960. The van der Waals surface area contributed by atoms with E-state index in [1.807, 2.05) is 43.3 Å². The summed E-state index contributed by atoms with van der Waals surface area (Å²) in [4.78, 5) is 31.7. The number of amides is 3. The largest absolute Gasteiger partial charge is 0.495 e. The minimum absolute atomic E-state index is 0.152. The maximum absolute atomic E-state index is 12.7. The van der Waals surface area contributed by atoms with Crippen molar-refractivity contribution in [3.05, 3.63) is 59.7 Å². The molecule has 2 aromatic rings. The van der Waals surface area contributed by atoms with Crippen molar-refractivity contribution < 1.29 is 14.3 Å². The molecule has 1 spiro atoms. The average molecular weight is 392 g/mol. The lowest BCUT2D eigenvalue weighted by Gasteiger charge is -2.37. The number of para-hydroxylation sites is 2. The zero-order chi connectivity index (χ0) is 20.4. The highest BCUT2D eigenvalue weighted by Gasteiger charge is 2.42. The lowest BCUT2D eigenvalue weighted by molar-refractivity contribution is -0.115. The highest BCUT2D eigenvalue weighted by Crippen LogP contribution is 2.30. The zero-order valence-corrected chi connectivity index (χ0v) is 16.6. The topological polar surface area (TPSA) is 83.0 Å². The van der Waals surface area contributed by atoms with Gasteiger partial charge in [0.15, 0.2) is 0 Å². The highest BCUT2D eigenvalue weighted by molar-refractivity contribution is 6.46. The van der Waals surface area contributed by atoms with Crippen molar-refractivity contribution >= 4 is 23.3 Å². The molecule has 0 bridgehead atoms. The Labute approximate surface area is 169 Å². The molecule has 0 atom stereocenters. The van der Waals surface area contributed by atoms with Crippen LogP contribution in [0.2, 0.25) is 0 Å². The van der Waals surface area contributed by atoms with E-state index >= 15 is 0 Å². The van der Waals surface area contributed by atoms with Gasteiger partial charge in [-0.15, -0.1) is 0 Å². The quantitative estimate of drug-likeness (QED) is 0.842. The summed E-state index contributed by atoms with van der Waals surface area (Å²) in [6.45, 7) is 3.02. The van der Waals surface area contributed by atoms with Crippen LogP contribution in [0.5, 0.6) is 5.75 Å². The molecule has 2 aliphatic heterocycles. The Morgan fingerprint density at radius 3 is 2.52 bits per heavy atom. The monoisotopic (exact) mass is 392 g/mol. The number of hydrogen-bond donors (Lipinski definition) is 2. The Hall–Kier alpha value is -3.35. The second-order valence-corrected chi connectivity index (χ2v) is 7.43. The van der Waals surface area contributed by atoms with Crippen LogP contribution < -0.4 is 15.4 Å². The van der Waals surface area contributed by atoms with E-state index in [2.05, 4.69) is 10.6 Å². The summed E-state index contributed by atoms with van der Waals surface area (Å²) in [5, 5.41) is 5.94. The normalized spacial score (nSPS) is 17.7. The maximum Gasteiger partial charge on any atom is 0.321 e. The number of likely N-dealkylation sites (tertiary alicyclic amines) is 1. The van der Waals surface area contributed by atoms with Crippen LogP contribution in [0.15, 0.2) is 53.5 Å². The molecule has 2 N–H and O–H groups in total. The molecule has 0 radical (unpaired) electrons. The average Bonchev–Trinajstić information content (AvgIpc) is 3.05. The number of rotatable bonds is 3. The van der Waals surface area contributed by atoms with Gasteiger partial charge in [0.25, 0.3) is 5.91 Å². The molecular formula is C22H24N4O3. The number of methoxy groups -OCH3 is 1. The van der Waals surface area contributed by atoms with Crippen molar-refractivity contribution in [2.24, 2.45) is 4.99 Å². The predicted molar refractivity (Wildman–Crippen MR) is 111 cm³/mol. The third-order valence-corrected chi connectivity index (χ3v) is 5.44. The molecular weight excluding hydrogens is 368 g/mol. The predicted octanol–water partition coefficient (Wildman–Crippen LogP) is 2.95. The second-order valence-electron chi connectivity index (χ2n) is 7.43. The van der Waals surface area contributed by atoms with E-state index in [0.29, 0.717) is 43.1 Å². The van der Waals surface area contributed by atoms with Crippen molar-refractivity contribution in [1.29, 1.82) is 0 Å². The van der Waals surface area contributed by atoms with E-state index in [1.54, 1.807) is 24.1 Å². The van der Waals surface area contributed by atoms with Crippen LogP contribution in [0.1, 0.15) is 24.0 Å². The Balaban J connectivity index is 1.43. The number of aryl methyl sites for hydroxylation is 1. The molecule has 7 nitrogen and oxygen atoms in total. The zero-order valence-electron chi connectivity index (χ0n) is 16.6. The lowest BCUT2D eigenvalue weighted by Crippen LogP contribution is -2.53. The number of hydrogen-bond acceptors (Lipinski definition) is 4. The van der Waals surface area contributed by atoms with Crippen LogP contribution in [0.3, 0.4) is 0 Å². The molecule has 1 fully saturated rings. The van der Waals surface area contributed by atoms with Gasteiger partial charge in [0.1, 0.15) is 17.1 Å². The minimum Gasteiger partial charge on any atom is -0.495 e. The lowest BCUT2D eigenvalue weighted by atomic mass is 9.98. The van der Waals surface area contributed by atoms with Gasteiger partial charge in [-0.1, -0.05) is 42.0 Å². The standard InChI is InChI=1S/C22H24N4O3/c1-15-7-9-16(10-8-15)19-20(27)25-22(24-19)11-13-26(14-12-22)21(28)23-17-5-3-4-6-18(17)29-2/h3-10H,11-14H2,1-2H3,(H,23,28)(H,25,27). The number of nitrogens with zero attached hydrogens (tertiary/aromatic N) is 2. The number of aliphatic imine (C=N–C) groups is 1. The van der Waals surface area contributed by atoms with Gasteiger partial charge >= 0.3 is 6.03 Å². The summed E-state index contributed by atoms with van der Waals surface area (Å²) in [5.41, 5.74) is 2.43. The van der Waals surface area contributed by atoms with Crippen molar-refractivity contribution in [3.8, 4) is 5.75 Å². The fourth-order valence-corrected chi connectivity index (χ4v) is 3.73. The summed E-state index contributed by atoms with van der Waals surface area (Å²) in [6, 6.07) is 14.9. The molecule has 4 rings (SSSR count). The number of urea groups is 1. The van der Waals surface area contributed by atoms with Crippen molar-refractivity contribution in [1.82, 2.24) is 10.2 Å². The van der Waals surface area contributed by atoms with Crippen LogP contribution in [-0.2, 0) is 4.79 Å². The van der Waals surface area contributed by atoms with Crippen LogP contribution in [-0.4, -0.2) is 48.4 Å². The molecule has 2 aliphatic rings. The van der Waals surface area contributed by atoms with E-state index in [0.717, 1.165) is 11.1 Å². The molecule has 2 aromatic carbocycles.